The fraction of sp³-hybridized carbons (Fsp3) is 0.833. The van der Waals surface area contributed by atoms with Crippen molar-refractivity contribution < 1.29 is 0 Å². The van der Waals surface area contributed by atoms with Crippen LogP contribution in [0, 0.1) is 0 Å². The Morgan fingerprint density at radius 3 is 2.94 bits per heavy atom. The average molecular weight is 254 g/mol. The highest BCUT2D eigenvalue weighted by atomic mass is 32.1. The minimum Gasteiger partial charge on any atom is -0.360 e. The molecule has 0 aliphatic carbocycles. The van der Waals surface area contributed by atoms with Crippen molar-refractivity contribution in [2.75, 3.05) is 31.5 Å². The molecule has 0 atom stereocenters. The van der Waals surface area contributed by atoms with E-state index in [1.54, 1.807) is 0 Å². The minimum atomic E-state index is 0.981. The van der Waals surface area contributed by atoms with Crippen molar-refractivity contribution in [3.8, 4) is 0 Å². The molecule has 2 rings (SSSR count). The molecule has 5 heteroatoms. The van der Waals surface area contributed by atoms with Crippen LogP contribution in [0.3, 0.4) is 0 Å². The third kappa shape index (κ3) is 4.24. The van der Waals surface area contributed by atoms with Crippen LogP contribution in [0.2, 0.25) is 0 Å². The molecule has 17 heavy (non-hydrogen) atoms. The molecule has 4 nitrogen and oxygen atoms in total. The molecule has 0 saturated carbocycles. The van der Waals surface area contributed by atoms with E-state index in [1.165, 1.54) is 50.4 Å². The smallest absolute Gasteiger partial charge is 0.202 e. The van der Waals surface area contributed by atoms with Gasteiger partial charge in [-0.05, 0) is 45.3 Å². The van der Waals surface area contributed by atoms with Gasteiger partial charge in [-0.1, -0.05) is 6.92 Å². The second-order valence-corrected chi connectivity index (χ2v) is 5.35. The second kappa shape index (κ2) is 6.91. The molecule has 0 aromatic carbocycles. The lowest BCUT2D eigenvalue weighted by atomic mass is 10.3. The Morgan fingerprint density at radius 2 is 2.18 bits per heavy atom. The Labute approximate surface area is 108 Å². The second-order valence-electron chi connectivity index (χ2n) is 4.59. The number of rotatable bonds is 7. The SMILES string of the molecule is CCCc1nsc(NCCCN2CCCC2)n1. The van der Waals surface area contributed by atoms with Crippen LogP contribution in [0.25, 0.3) is 0 Å². The molecule has 1 N–H and O–H groups in total. The van der Waals surface area contributed by atoms with E-state index in [4.69, 9.17) is 0 Å². The number of aryl methyl sites for hydroxylation is 1. The molecular formula is C12H22N4S. The van der Waals surface area contributed by atoms with Gasteiger partial charge < -0.3 is 10.2 Å². The average Bonchev–Trinajstić information content (AvgIpc) is 2.96. The molecule has 0 radical (unpaired) electrons. The van der Waals surface area contributed by atoms with Crippen molar-refractivity contribution in [2.24, 2.45) is 0 Å². The third-order valence-corrected chi connectivity index (χ3v) is 3.78. The molecule has 0 unspecified atom stereocenters. The molecule has 1 aliphatic heterocycles. The number of nitrogens with one attached hydrogen (secondary N) is 1. The molecule has 1 aromatic heterocycles. The van der Waals surface area contributed by atoms with E-state index in [9.17, 15) is 0 Å². The zero-order valence-corrected chi connectivity index (χ0v) is 11.4. The third-order valence-electron chi connectivity index (χ3n) is 3.07. The Morgan fingerprint density at radius 1 is 1.35 bits per heavy atom. The number of nitrogens with zero attached hydrogens (tertiary/aromatic N) is 3. The Kier molecular flexibility index (Phi) is 5.19. The van der Waals surface area contributed by atoms with Gasteiger partial charge in [-0.3, -0.25) is 0 Å². The topological polar surface area (TPSA) is 41.1 Å². The highest BCUT2D eigenvalue weighted by Gasteiger charge is 2.10. The van der Waals surface area contributed by atoms with Gasteiger partial charge in [0.1, 0.15) is 5.82 Å². The van der Waals surface area contributed by atoms with Gasteiger partial charge in [-0.2, -0.15) is 4.37 Å². The first-order chi connectivity index (χ1) is 8.38. The highest BCUT2D eigenvalue weighted by Crippen LogP contribution is 2.12. The summed E-state index contributed by atoms with van der Waals surface area (Å²) in [6, 6.07) is 0. The first-order valence-electron chi connectivity index (χ1n) is 6.67. The van der Waals surface area contributed by atoms with Gasteiger partial charge in [0.25, 0.3) is 0 Å². The molecule has 96 valence electrons. The Balaban J connectivity index is 1.60. The quantitative estimate of drug-likeness (QED) is 0.759. The van der Waals surface area contributed by atoms with E-state index in [0.717, 1.165) is 30.3 Å². The van der Waals surface area contributed by atoms with E-state index in [2.05, 4.69) is 26.5 Å². The zero-order chi connectivity index (χ0) is 11.9. The highest BCUT2D eigenvalue weighted by molar-refractivity contribution is 7.09. The molecular weight excluding hydrogens is 232 g/mol. The van der Waals surface area contributed by atoms with Gasteiger partial charge >= 0.3 is 0 Å². The molecule has 0 amide bonds. The predicted molar refractivity (Wildman–Crippen MR) is 72.7 cm³/mol. The molecule has 1 aromatic rings. The van der Waals surface area contributed by atoms with Crippen LogP contribution >= 0.6 is 11.5 Å². The van der Waals surface area contributed by atoms with Crippen LogP contribution in [-0.2, 0) is 6.42 Å². The lowest BCUT2D eigenvalue weighted by molar-refractivity contribution is 0.337. The normalized spacial score (nSPS) is 16.5. The maximum atomic E-state index is 4.45. The van der Waals surface area contributed by atoms with Crippen LogP contribution < -0.4 is 5.32 Å². The summed E-state index contributed by atoms with van der Waals surface area (Å²) in [6.07, 6.45) is 6.06. The van der Waals surface area contributed by atoms with Crippen molar-refractivity contribution in [1.82, 2.24) is 14.3 Å². The lowest BCUT2D eigenvalue weighted by Gasteiger charge is -2.13. The van der Waals surface area contributed by atoms with E-state index >= 15 is 0 Å². The molecule has 0 bridgehead atoms. The van der Waals surface area contributed by atoms with Gasteiger partial charge in [0.2, 0.25) is 5.13 Å². The number of hydrogen-bond donors (Lipinski definition) is 1. The molecule has 1 fully saturated rings. The van der Waals surface area contributed by atoms with Crippen LogP contribution in [0.4, 0.5) is 5.13 Å². The van der Waals surface area contributed by atoms with Gasteiger partial charge in [-0.15, -0.1) is 0 Å². The van der Waals surface area contributed by atoms with Gasteiger partial charge in [0, 0.05) is 24.5 Å². The zero-order valence-electron chi connectivity index (χ0n) is 10.6. The summed E-state index contributed by atoms with van der Waals surface area (Å²) in [5.74, 6) is 0.986. The van der Waals surface area contributed by atoms with Crippen molar-refractivity contribution in [2.45, 2.75) is 39.0 Å². The van der Waals surface area contributed by atoms with Crippen LogP contribution in [0.15, 0.2) is 0 Å². The maximum Gasteiger partial charge on any atom is 0.202 e. The Hall–Kier alpha value is -0.680. The van der Waals surface area contributed by atoms with E-state index < -0.39 is 0 Å². The summed E-state index contributed by atoms with van der Waals surface area (Å²) in [5, 5.41) is 4.35. The van der Waals surface area contributed by atoms with Crippen molar-refractivity contribution in [1.29, 1.82) is 0 Å². The van der Waals surface area contributed by atoms with Crippen LogP contribution in [0.1, 0.15) is 38.4 Å². The molecule has 2 heterocycles. The van der Waals surface area contributed by atoms with Gasteiger partial charge in [-0.25, -0.2) is 4.98 Å². The Bertz CT molecular complexity index is 320. The molecule has 0 spiro atoms. The largest absolute Gasteiger partial charge is 0.360 e. The van der Waals surface area contributed by atoms with Crippen LogP contribution in [-0.4, -0.2) is 40.4 Å². The summed E-state index contributed by atoms with van der Waals surface area (Å²) in [5.41, 5.74) is 0. The number of likely N-dealkylation sites (tertiary alicyclic amines) is 1. The standard InChI is InChI=1S/C12H22N4S/c1-2-6-11-14-12(17-15-11)13-7-5-10-16-8-3-4-9-16/h2-10H2,1H3,(H,13,14,15). The number of aromatic nitrogens is 2. The molecule has 1 saturated heterocycles. The fourth-order valence-corrected chi connectivity index (χ4v) is 2.79. The lowest BCUT2D eigenvalue weighted by Crippen LogP contribution is -2.22. The summed E-state index contributed by atoms with van der Waals surface area (Å²) in [7, 11) is 0. The summed E-state index contributed by atoms with van der Waals surface area (Å²) < 4.78 is 4.32. The van der Waals surface area contributed by atoms with E-state index in [1.807, 2.05) is 0 Å². The summed E-state index contributed by atoms with van der Waals surface area (Å²) >= 11 is 1.49. The van der Waals surface area contributed by atoms with Crippen molar-refractivity contribution in [3.63, 3.8) is 0 Å². The molecule has 1 aliphatic rings. The fourth-order valence-electron chi connectivity index (χ4n) is 2.16. The monoisotopic (exact) mass is 254 g/mol. The van der Waals surface area contributed by atoms with E-state index in [-0.39, 0.29) is 0 Å². The maximum absolute atomic E-state index is 4.45. The summed E-state index contributed by atoms with van der Waals surface area (Å²) in [4.78, 5) is 7.00. The van der Waals surface area contributed by atoms with Crippen LogP contribution in [0.5, 0.6) is 0 Å². The first kappa shape index (κ1) is 12.8. The summed E-state index contributed by atoms with van der Waals surface area (Å²) in [6.45, 7) is 6.97. The minimum absolute atomic E-state index is 0.981. The number of hydrogen-bond acceptors (Lipinski definition) is 5. The number of anilines is 1. The van der Waals surface area contributed by atoms with Crippen molar-refractivity contribution in [3.05, 3.63) is 5.82 Å². The van der Waals surface area contributed by atoms with Crippen molar-refractivity contribution >= 4 is 16.7 Å². The van der Waals surface area contributed by atoms with Gasteiger partial charge in [0.05, 0.1) is 0 Å². The first-order valence-corrected chi connectivity index (χ1v) is 7.44. The predicted octanol–water partition coefficient (Wildman–Crippen LogP) is 2.39. The van der Waals surface area contributed by atoms with E-state index in [0.29, 0.717) is 0 Å². The van der Waals surface area contributed by atoms with Gasteiger partial charge in [0.15, 0.2) is 0 Å².